The summed E-state index contributed by atoms with van der Waals surface area (Å²) in [7, 11) is 1.55. The Hall–Kier alpha value is -3.60. The SMILES string of the molecule is CCc1ccc2oc(-c3cccc(NC(=O)c4ccccc4OC)c3)nc2c1. The minimum atomic E-state index is -0.236. The Labute approximate surface area is 163 Å². The molecule has 0 saturated heterocycles. The number of fused-ring (bicyclic) bond motifs is 1. The molecule has 1 heterocycles. The summed E-state index contributed by atoms with van der Waals surface area (Å²) in [5, 5.41) is 2.91. The molecule has 0 aliphatic carbocycles. The number of hydrogen-bond donors (Lipinski definition) is 1. The second-order valence-electron chi connectivity index (χ2n) is 6.41. The van der Waals surface area contributed by atoms with Crippen LogP contribution in [0.1, 0.15) is 22.8 Å². The van der Waals surface area contributed by atoms with Crippen LogP contribution in [0, 0.1) is 0 Å². The van der Waals surface area contributed by atoms with Crippen LogP contribution in [0.2, 0.25) is 0 Å². The third-order valence-electron chi connectivity index (χ3n) is 4.58. The summed E-state index contributed by atoms with van der Waals surface area (Å²) in [5.74, 6) is 0.818. The molecule has 4 aromatic rings. The zero-order valence-corrected chi connectivity index (χ0v) is 15.7. The van der Waals surface area contributed by atoms with Crippen LogP contribution in [0.25, 0.3) is 22.6 Å². The number of carbonyl (C=O) groups excluding carboxylic acids is 1. The molecule has 5 heteroatoms. The van der Waals surface area contributed by atoms with E-state index in [1.165, 1.54) is 5.56 Å². The van der Waals surface area contributed by atoms with E-state index in [1.54, 1.807) is 25.3 Å². The summed E-state index contributed by atoms with van der Waals surface area (Å²) in [6, 6.07) is 20.6. The number of para-hydroxylation sites is 1. The number of hydrogen-bond acceptors (Lipinski definition) is 4. The van der Waals surface area contributed by atoms with Gasteiger partial charge in [-0.05, 0) is 54.4 Å². The van der Waals surface area contributed by atoms with Gasteiger partial charge in [-0.2, -0.15) is 0 Å². The number of anilines is 1. The second-order valence-corrected chi connectivity index (χ2v) is 6.41. The van der Waals surface area contributed by atoms with Gasteiger partial charge in [-0.3, -0.25) is 4.79 Å². The van der Waals surface area contributed by atoms with Crippen LogP contribution in [-0.4, -0.2) is 18.0 Å². The van der Waals surface area contributed by atoms with Gasteiger partial charge in [-0.25, -0.2) is 4.98 Å². The molecule has 1 N–H and O–H groups in total. The summed E-state index contributed by atoms with van der Waals surface area (Å²) < 4.78 is 11.2. The van der Waals surface area contributed by atoms with Gasteiger partial charge in [-0.1, -0.05) is 31.2 Å². The van der Waals surface area contributed by atoms with E-state index in [4.69, 9.17) is 9.15 Å². The van der Waals surface area contributed by atoms with Gasteiger partial charge >= 0.3 is 0 Å². The Bertz CT molecular complexity index is 1150. The number of aromatic nitrogens is 1. The molecule has 0 fully saturated rings. The molecule has 1 amide bonds. The molecular formula is C23H20N2O3. The number of carbonyl (C=O) groups is 1. The number of aryl methyl sites for hydroxylation is 1. The third-order valence-corrected chi connectivity index (χ3v) is 4.58. The Kier molecular flexibility index (Phi) is 4.81. The molecule has 0 radical (unpaired) electrons. The minimum absolute atomic E-state index is 0.236. The normalized spacial score (nSPS) is 10.8. The lowest BCUT2D eigenvalue weighted by Gasteiger charge is -2.09. The lowest BCUT2D eigenvalue weighted by molar-refractivity contribution is 0.102. The van der Waals surface area contributed by atoms with E-state index in [2.05, 4.69) is 17.2 Å². The highest BCUT2D eigenvalue weighted by atomic mass is 16.5. The Morgan fingerprint density at radius 3 is 2.75 bits per heavy atom. The van der Waals surface area contributed by atoms with Gasteiger partial charge in [0.2, 0.25) is 5.89 Å². The topological polar surface area (TPSA) is 64.4 Å². The van der Waals surface area contributed by atoms with Crippen molar-refractivity contribution in [1.82, 2.24) is 4.98 Å². The Morgan fingerprint density at radius 2 is 1.93 bits per heavy atom. The van der Waals surface area contributed by atoms with E-state index in [9.17, 15) is 4.79 Å². The van der Waals surface area contributed by atoms with Crippen molar-refractivity contribution in [2.24, 2.45) is 0 Å². The van der Waals surface area contributed by atoms with Crippen molar-refractivity contribution in [3.63, 3.8) is 0 Å². The lowest BCUT2D eigenvalue weighted by atomic mass is 10.1. The molecule has 4 rings (SSSR count). The highest BCUT2D eigenvalue weighted by Crippen LogP contribution is 2.27. The van der Waals surface area contributed by atoms with Crippen molar-refractivity contribution in [3.8, 4) is 17.2 Å². The number of nitrogens with zero attached hydrogens (tertiary/aromatic N) is 1. The van der Waals surface area contributed by atoms with Gasteiger partial charge in [-0.15, -0.1) is 0 Å². The molecule has 5 nitrogen and oxygen atoms in total. The monoisotopic (exact) mass is 372 g/mol. The zero-order valence-electron chi connectivity index (χ0n) is 15.7. The van der Waals surface area contributed by atoms with Crippen LogP contribution in [0.15, 0.2) is 71.1 Å². The summed E-state index contributed by atoms with van der Waals surface area (Å²) in [5.41, 5.74) is 4.72. The molecule has 0 bridgehead atoms. The van der Waals surface area contributed by atoms with E-state index < -0.39 is 0 Å². The Balaban J connectivity index is 1.62. The number of ether oxygens (including phenoxy) is 1. The maximum atomic E-state index is 12.6. The summed E-state index contributed by atoms with van der Waals surface area (Å²) in [4.78, 5) is 17.2. The fourth-order valence-electron chi connectivity index (χ4n) is 3.08. The maximum absolute atomic E-state index is 12.6. The highest BCUT2D eigenvalue weighted by molar-refractivity contribution is 6.06. The first kappa shape index (κ1) is 17.8. The van der Waals surface area contributed by atoms with E-state index in [0.29, 0.717) is 22.9 Å². The quantitative estimate of drug-likeness (QED) is 0.515. The molecule has 0 spiro atoms. The Morgan fingerprint density at radius 1 is 1.07 bits per heavy atom. The van der Waals surface area contributed by atoms with E-state index >= 15 is 0 Å². The molecule has 0 saturated carbocycles. The molecule has 28 heavy (non-hydrogen) atoms. The summed E-state index contributed by atoms with van der Waals surface area (Å²) >= 11 is 0. The van der Waals surface area contributed by atoms with Crippen molar-refractivity contribution in [2.75, 3.05) is 12.4 Å². The molecule has 140 valence electrons. The number of methoxy groups -OCH3 is 1. The molecule has 0 atom stereocenters. The lowest BCUT2D eigenvalue weighted by Crippen LogP contribution is -2.13. The molecule has 1 aromatic heterocycles. The van der Waals surface area contributed by atoms with Crippen LogP contribution in [-0.2, 0) is 6.42 Å². The third kappa shape index (κ3) is 3.47. The maximum Gasteiger partial charge on any atom is 0.259 e. The van der Waals surface area contributed by atoms with Crippen molar-refractivity contribution >= 4 is 22.7 Å². The highest BCUT2D eigenvalue weighted by Gasteiger charge is 2.13. The first-order valence-electron chi connectivity index (χ1n) is 9.12. The average Bonchev–Trinajstić information content (AvgIpc) is 3.17. The number of oxazole rings is 1. The number of rotatable bonds is 5. The van der Waals surface area contributed by atoms with Crippen LogP contribution in [0.5, 0.6) is 5.75 Å². The number of nitrogens with one attached hydrogen (secondary N) is 1. The predicted molar refractivity (Wildman–Crippen MR) is 110 cm³/mol. The summed E-state index contributed by atoms with van der Waals surface area (Å²) in [6.07, 6.45) is 0.947. The molecular weight excluding hydrogens is 352 g/mol. The first-order valence-corrected chi connectivity index (χ1v) is 9.12. The van der Waals surface area contributed by atoms with Crippen LogP contribution in [0.3, 0.4) is 0 Å². The van der Waals surface area contributed by atoms with Crippen LogP contribution in [0.4, 0.5) is 5.69 Å². The molecule has 0 aliphatic heterocycles. The smallest absolute Gasteiger partial charge is 0.259 e. The van der Waals surface area contributed by atoms with Crippen molar-refractivity contribution in [3.05, 3.63) is 77.9 Å². The largest absolute Gasteiger partial charge is 0.496 e. The zero-order chi connectivity index (χ0) is 19.5. The van der Waals surface area contributed by atoms with Gasteiger partial charge in [0.1, 0.15) is 11.3 Å². The van der Waals surface area contributed by atoms with Gasteiger partial charge in [0.15, 0.2) is 5.58 Å². The number of benzene rings is 3. The fraction of sp³-hybridized carbons (Fsp3) is 0.130. The first-order chi connectivity index (χ1) is 13.7. The standard InChI is InChI=1S/C23H20N2O3/c1-3-15-11-12-21-19(13-15)25-23(28-21)16-7-6-8-17(14-16)24-22(26)18-9-4-5-10-20(18)27-2/h4-14H,3H2,1-2H3,(H,24,26). The average molecular weight is 372 g/mol. The van der Waals surface area contributed by atoms with Gasteiger partial charge < -0.3 is 14.5 Å². The van der Waals surface area contributed by atoms with Gasteiger partial charge in [0, 0.05) is 11.3 Å². The van der Waals surface area contributed by atoms with Crippen molar-refractivity contribution < 1.29 is 13.9 Å². The van der Waals surface area contributed by atoms with E-state index in [1.807, 2.05) is 48.5 Å². The van der Waals surface area contributed by atoms with Gasteiger partial charge in [0.25, 0.3) is 5.91 Å². The summed E-state index contributed by atoms with van der Waals surface area (Å²) in [6.45, 7) is 2.11. The van der Waals surface area contributed by atoms with Crippen molar-refractivity contribution in [1.29, 1.82) is 0 Å². The van der Waals surface area contributed by atoms with E-state index in [0.717, 1.165) is 23.1 Å². The van der Waals surface area contributed by atoms with Crippen LogP contribution >= 0.6 is 0 Å². The molecule has 0 unspecified atom stereocenters. The molecule has 0 aliphatic rings. The van der Waals surface area contributed by atoms with E-state index in [-0.39, 0.29) is 5.91 Å². The predicted octanol–water partition coefficient (Wildman–Crippen LogP) is 5.32. The molecule has 3 aromatic carbocycles. The minimum Gasteiger partial charge on any atom is -0.496 e. The van der Waals surface area contributed by atoms with Crippen molar-refractivity contribution in [2.45, 2.75) is 13.3 Å². The fourth-order valence-corrected chi connectivity index (χ4v) is 3.08. The second kappa shape index (κ2) is 7.56. The van der Waals surface area contributed by atoms with Crippen LogP contribution < -0.4 is 10.1 Å². The number of amides is 1. The van der Waals surface area contributed by atoms with Gasteiger partial charge in [0.05, 0.1) is 12.7 Å².